The third-order valence-corrected chi connectivity index (χ3v) is 8.50. The number of aryl methyl sites for hydroxylation is 1. The molecule has 0 aliphatic carbocycles. The Morgan fingerprint density at radius 2 is 1.66 bits per heavy atom. The standard InChI is InChI=1S/C32H27N3O5S/c1-18-9-11-20(12-10-18)17-34-24-8-6-5-7-23(24)26(29(34)36)28-30(37)35-27(21-13-15-22(39-3)16-14-21)25(31(38)40-4)19(2)33-32(35)41-28/h5-16,27H,17H2,1-4H3/b28-26-/t27-/m0/s1. The second-order valence-corrected chi connectivity index (χ2v) is 10.9. The number of aromatic nitrogens is 1. The van der Waals surface area contributed by atoms with Gasteiger partial charge in [-0.05, 0) is 43.2 Å². The lowest BCUT2D eigenvalue weighted by atomic mass is 9.96. The SMILES string of the molecule is COC(=O)C1=C(C)N=c2s/c(=C3\C(=O)N(Cc4ccc(C)cc4)c4ccccc43)c(=O)n2[C@H]1c1ccc(OC)cc1. The van der Waals surface area contributed by atoms with Crippen LogP contribution in [0.25, 0.3) is 5.57 Å². The van der Waals surface area contributed by atoms with Gasteiger partial charge in [-0.3, -0.25) is 14.2 Å². The molecule has 206 valence electrons. The number of amides is 1. The number of esters is 1. The molecule has 1 aromatic heterocycles. The molecule has 3 aromatic carbocycles. The van der Waals surface area contributed by atoms with Gasteiger partial charge in [0.05, 0.1) is 49.3 Å². The van der Waals surface area contributed by atoms with Crippen LogP contribution in [-0.2, 0) is 20.9 Å². The molecule has 3 heterocycles. The highest BCUT2D eigenvalue weighted by atomic mass is 32.1. The maximum atomic E-state index is 14.3. The van der Waals surface area contributed by atoms with Gasteiger partial charge in [0.25, 0.3) is 11.5 Å². The summed E-state index contributed by atoms with van der Waals surface area (Å²) in [6.07, 6.45) is 0. The Morgan fingerprint density at radius 3 is 2.34 bits per heavy atom. The van der Waals surface area contributed by atoms with Crippen LogP contribution in [-0.4, -0.2) is 30.7 Å². The first-order chi connectivity index (χ1) is 19.8. The highest BCUT2D eigenvalue weighted by Gasteiger charge is 2.37. The smallest absolute Gasteiger partial charge is 0.338 e. The van der Waals surface area contributed by atoms with Crippen LogP contribution < -0.4 is 24.5 Å². The quantitative estimate of drug-likeness (QED) is 0.345. The van der Waals surface area contributed by atoms with Gasteiger partial charge in [-0.2, -0.15) is 0 Å². The fourth-order valence-corrected chi connectivity index (χ4v) is 6.51. The summed E-state index contributed by atoms with van der Waals surface area (Å²) >= 11 is 1.16. The molecule has 6 rings (SSSR count). The number of carbonyl (C=O) groups is 2. The Morgan fingerprint density at radius 1 is 0.951 bits per heavy atom. The molecular weight excluding hydrogens is 538 g/mol. The molecular formula is C32H27N3O5S. The minimum Gasteiger partial charge on any atom is -0.497 e. The molecule has 0 radical (unpaired) electrons. The number of hydrogen-bond acceptors (Lipinski definition) is 7. The summed E-state index contributed by atoms with van der Waals surface area (Å²) in [6, 6.07) is 21.9. The monoisotopic (exact) mass is 565 g/mol. The molecule has 8 nitrogen and oxygen atoms in total. The summed E-state index contributed by atoms with van der Waals surface area (Å²) in [5, 5.41) is 0. The second kappa shape index (κ2) is 10.3. The highest BCUT2D eigenvalue weighted by molar-refractivity contribution is 7.07. The molecule has 1 amide bonds. The lowest BCUT2D eigenvalue weighted by molar-refractivity contribution is -0.136. The maximum absolute atomic E-state index is 14.3. The summed E-state index contributed by atoms with van der Waals surface area (Å²) in [5.74, 6) is -0.177. The van der Waals surface area contributed by atoms with Gasteiger partial charge in [0, 0.05) is 5.56 Å². The third kappa shape index (κ3) is 4.38. The molecule has 0 spiro atoms. The molecule has 0 saturated carbocycles. The van der Waals surface area contributed by atoms with Crippen molar-refractivity contribution in [2.45, 2.75) is 26.4 Å². The number of ether oxygens (including phenoxy) is 2. The molecule has 0 saturated heterocycles. The topological polar surface area (TPSA) is 90.2 Å². The van der Waals surface area contributed by atoms with Crippen molar-refractivity contribution in [3.05, 3.63) is 126 Å². The van der Waals surface area contributed by atoms with Gasteiger partial charge >= 0.3 is 5.97 Å². The van der Waals surface area contributed by atoms with Crippen molar-refractivity contribution >= 4 is 34.5 Å². The fraction of sp³-hybridized carbons (Fsp3) is 0.188. The van der Waals surface area contributed by atoms with Crippen molar-refractivity contribution in [1.82, 2.24) is 4.57 Å². The van der Waals surface area contributed by atoms with Crippen molar-refractivity contribution in [3.8, 4) is 5.75 Å². The largest absolute Gasteiger partial charge is 0.497 e. The number of methoxy groups -OCH3 is 2. The zero-order chi connectivity index (χ0) is 28.8. The van der Waals surface area contributed by atoms with E-state index in [1.54, 1.807) is 31.1 Å². The lowest BCUT2D eigenvalue weighted by Crippen LogP contribution is -2.40. The van der Waals surface area contributed by atoms with Crippen molar-refractivity contribution in [2.75, 3.05) is 19.1 Å². The van der Waals surface area contributed by atoms with Gasteiger partial charge in [-0.1, -0.05) is 71.5 Å². The summed E-state index contributed by atoms with van der Waals surface area (Å²) in [4.78, 5) is 48.0. The normalized spacial score (nSPS) is 17.2. The zero-order valence-electron chi connectivity index (χ0n) is 23.0. The van der Waals surface area contributed by atoms with Crippen LogP contribution in [0.15, 0.2) is 93.9 Å². The van der Waals surface area contributed by atoms with Crippen LogP contribution >= 0.6 is 11.3 Å². The predicted molar refractivity (Wildman–Crippen MR) is 157 cm³/mol. The number of benzene rings is 3. The first kappa shape index (κ1) is 26.5. The van der Waals surface area contributed by atoms with Gasteiger partial charge < -0.3 is 14.4 Å². The molecule has 0 N–H and O–H groups in total. The molecule has 0 unspecified atom stereocenters. The van der Waals surface area contributed by atoms with Crippen LogP contribution in [0.1, 0.15) is 35.2 Å². The van der Waals surface area contributed by atoms with Crippen LogP contribution in [0.2, 0.25) is 0 Å². The van der Waals surface area contributed by atoms with E-state index in [9.17, 15) is 14.4 Å². The lowest BCUT2D eigenvalue weighted by Gasteiger charge is -2.24. The van der Waals surface area contributed by atoms with E-state index in [0.717, 1.165) is 28.2 Å². The molecule has 0 bridgehead atoms. The number of fused-ring (bicyclic) bond motifs is 2. The predicted octanol–water partition coefficient (Wildman–Crippen LogP) is 3.64. The van der Waals surface area contributed by atoms with Gasteiger partial charge in [0.2, 0.25) is 0 Å². The third-order valence-electron chi connectivity index (χ3n) is 7.45. The van der Waals surface area contributed by atoms with Crippen molar-refractivity contribution < 1.29 is 19.1 Å². The number of para-hydroxylation sites is 1. The van der Waals surface area contributed by atoms with E-state index >= 15 is 0 Å². The van der Waals surface area contributed by atoms with Crippen LogP contribution in [0.4, 0.5) is 5.69 Å². The summed E-state index contributed by atoms with van der Waals surface area (Å²) in [5.41, 5.74) is 4.92. The second-order valence-electron chi connectivity index (χ2n) is 9.94. The van der Waals surface area contributed by atoms with Crippen molar-refractivity contribution in [1.29, 1.82) is 0 Å². The Kier molecular flexibility index (Phi) is 6.67. The van der Waals surface area contributed by atoms with E-state index in [1.807, 2.05) is 67.6 Å². The van der Waals surface area contributed by atoms with Gasteiger partial charge in [0.1, 0.15) is 10.3 Å². The minimum atomic E-state index is -0.783. The first-order valence-corrected chi connectivity index (χ1v) is 13.9. The molecule has 41 heavy (non-hydrogen) atoms. The Labute approximate surface area is 240 Å². The van der Waals surface area contributed by atoms with E-state index in [4.69, 9.17) is 9.47 Å². The molecule has 2 aliphatic heterocycles. The zero-order valence-corrected chi connectivity index (χ0v) is 23.8. The fourth-order valence-electron chi connectivity index (χ4n) is 5.38. The van der Waals surface area contributed by atoms with Crippen LogP contribution in [0, 0.1) is 6.92 Å². The number of anilines is 1. The number of allylic oxidation sites excluding steroid dienone is 1. The van der Waals surface area contributed by atoms with Crippen LogP contribution in [0.5, 0.6) is 5.75 Å². The number of thiazole rings is 1. The Bertz CT molecular complexity index is 1920. The average molecular weight is 566 g/mol. The molecule has 4 aromatic rings. The number of nitrogens with zero attached hydrogens (tertiary/aromatic N) is 3. The van der Waals surface area contributed by atoms with Crippen LogP contribution in [0.3, 0.4) is 0 Å². The van der Waals surface area contributed by atoms with Crippen molar-refractivity contribution in [2.24, 2.45) is 4.99 Å². The van der Waals surface area contributed by atoms with Gasteiger partial charge in [0.15, 0.2) is 4.80 Å². The number of hydrogen-bond donors (Lipinski definition) is 0. The number of rotatable bonds is 5. The minimum absolute atomic E-state index is 0.248. The Balaban J connectivity index is 1.56. The first-order valence-electron chi connectivity index (χ1n) is 13.1. The van der Waals surface area contributed by atoms with Crippen molar-refractivity contribution in [3.63, 3.8) is 0 Å². The molecule has 9 heteroatoms. The maximum Gasteiger partial charge on any atom is 0.338 e. The van der Waals surface area contributed by atoms with Gasteiger partial charge in [-0.25, -0.2) is 9.79 Å². The number of carbonyl (C=O) groups excluding carboxylic acids is 2. The van der Waals surface area contributed by atoms with E-state index < -0.39 is 12.0 Å². The Hall–Kier alpha value is -4.76. The van der Waals surface area contributed by atoms with E-state index in [2.05, 4.69) is 4.99 Å². The summed E-state index contributed by atoms with van der Waals surface area (Å²) in [6.45, 7) is 4.12. The average Bonchev–Trinajstić information content (AvgIpc) is 3.45. The summed E-state index contributed by atoms with van der Waals surface area (Å²) < 4.78 is 12.2. The van der Waals surface area contributed by atoms with E-state index in [-0.39, 0.29) is 21.6 Å². The van der Waals surface area contributed by atoms with Gasteiger partial charge in [-0.15, -0.1) is 0 Å². The van der Waals surface area contributed by atoms with E-state index in [1.165, 1.54) is 11.7 Å². The molecule has 0 fully saturated rings. The molecule has 2 aliphatic rings. The molecule has 1 atom stereocenters. The summed E-state index contributed by atoms with van der Waals surface area (Å²) in [7, 11) is 2.87. The highest BCUT2D eigenvalue weighted by Crippen LogP contribution is 2.37. The van der Waals surface area contributed by atoms with E-state index in [0.29, 0.717) is 39.5 Å².